The molecule has 2 N–H and O–H groups in total. The molecule has 0 saturated heterocycles. The summed E-state index contributed by atoms with van der Waals surface area (Å²) >= 11 is 5.90. The van der Waals surface area contributed by atoms with Gasteiger partial charge in [-0.2, -0.15) is 8.78 Å². The fourth-order valence-corrected chi connectivity index (χ4v) is 4.31. The lowest BCUT2D eigenvalue weighted by molar-refractivity contribution is -0.0497. The van der Waals surface area contributed by atoms with E-state index in [9.17, 15) is 22.0 Å². The molecule has 0 fully saturated rings. The van der Waals surface area contributed by atoms with Crippen molar-refractivity contribution in [3.8, 4) is 11.5 Å². The van der Waals surface area contributed by atoms with Crippen LogP contribution >= 0.6 is 11.6 Å². The first-order valence-corrected chi connectivity index (χ1v) is 11.3. The Bertz CT molecular complexity index is 1270. The van der Waals surface area contributed by atoms with Gasteiger partial charge in [0, 0.05) is 16.9 Å². The molecule has 3 aromatic rings. The predicted octanol–water partition coefficient (Wildman–Crippen LogP) is 5.31. The van der Waals surface area contributed by atoms with Gasteiger partial charge in [-0.1, -0.05) is 29.3 Å². The number of carbonyl (C=O) groups excluding carboxylic acids is 1. The summed E-state index contributed by atoms with van der Waals surface area (Å²) in [6.45, 7) is -1.17. The van der Waals surface area contributed by atoms with Gasteiger partial charge in [0.2, 0.25) is 0 Å². The van der Waals surface area contributed by atoms with Gasteiger partial charge in [0.1, 0.15) is 16.4 Å². The molecule has 0 radical (unpaired) electrons. The van der Waals surface area contributed by atoms with E-state index in [-0.39, 0.29) is 32.7 Å². The van der Waals surface area contributed by atoms with Gasteiger partial charge >= 0.3 is 6.61 Å². The molecule has 0 aromatic heterocycles. The van der Waals surface area contributed by atoms with Gasteiger partial charge in [0.15, 0.2) is 0 Å². The fourth-order valence-electron chi connectivity index (χ4n) is 2.83. The van der Waals surface area contributed by atoms with Crippen molar-refractivity contribution in [2.45, 2.75) is 18.4 Å². The van der Waals surface area contributed by atoms with Crippen LogP contribution in [-0.4, -0.2) is 28.0 Å². The molecule has 0 saturated carbocycles. The first kappa shape index (κ1) is 24.3. The Hall–Kier alpha value is -3.37. The number of amides is 1. The molecule has 1 amide bonds. The summed E-state index contributed by atoms with van der Waals surface area (Å²) in [6, 6.07) is 14.4. The molecule has 0 unspecified atom stereocenters. The largest absolute Gasteiger partial charge is 0.495 e. The number of ether oxygens (including phenoxy) is 2. The van der Waals surface area contributed by atoms with E-state index in [1.54, 1.807) is 24.3 Å². The van der Waals surface area contributed by atoms with Crippen molar-refractivity contribution in [2.24, 2.45) is 0 Å². The molecule has 0 spiro atoms. The van der Waals surface area contributed by atoms with E-state index in [1.165, 1.54) is 43.5 Å². The van der Waals surface area contributed by atoms with E-state index < -0.39 is 22.5 Å². The highest BCUT2D eigenvalue weighted by Gasteiger charge is 2.22. The van der Waals surface area contributed by atoms with Gasteiger partial charge in [0.25, 0.3) is 15.9 Å². The maximum atomic E-state index is 13.0. The summed E-state index contributed by atoms with van der Waals surface area (Å²) in [5, 5.41) is 2.40. The van der Waals surface area contributed by atoms with Gasteiger partial charge in [0.05, 0.1) is 12.1 Å². The first-order chi connectivity index (χ1) is 15.6. The van der Waals surface area contributed by atoms with Crippen LogP contribution in [0.4, 0.5) is 20.2 Å². The van der Waals surface area contributed by atoms with Crippen LogP contribution in [0.25, 0.3) is 0 Å². The number of benzene rings is 3. The number of nitrogens with one attached hydrogen (secondary N) is 2. The summed E-state index contributed by atoms with van der Waals surface area (Å²) in [5.41, 5.74) is 1.52. The second kappa shape index (κ2) is 10.1. The molecule has 3 aromatic carbocycles. The van der Waals surface area contributed by atoms with E-state index >= 15 is 0 Å². The number of carbonyl (C=O) groups is 1. The Morgan fingerprint density at radius 3 is 2.21 bits per heavy atom. The average Bonchev–Trinajstić information content (AvgIpc) is 2.76. The average molecular weight is 497 g/mol. The molecule has 0 atom stereocenters. The van der Waals surface area contributed by atoms with Gasteiger partial charge in [-0.3, -0.25) is 9.52 Å². The highest BCUT2D eigenvalue weighted by Crippen LogP contribution is 2.30. The Kier molecular flexibility index (Phi) is 7.39. The molecule has 11 heteroatoms. The van der Waals surface area contributed by atoms with E-state index in [0.717, 1.165) is 5.56 Å². The third kappa shape index (κ3) is 6.11. The molecule has 0 aliphatic carbocycles. The quantitative estimate of drug-likeness (QED) is 0.440. The number of rotatable bonds is 8. The Labute approximate surface area is 194 Å². The number of halogens is 3. The molecule has 0 heterocycles. The molecular formula is C22H19ClF2N2O5S. The van der Waals surface area contributed by atoms with E-state index in [2.05, 4.69) is 14.8 Å². The van der Waals surface area contributed by atoms with Crippen molar-refractivity contribution < 1.29 is 31.5 Å². The summed E-state index contributed by atoms with van der Waals surface area (Å²) in [5.74, 6) is -0.851. The Morgan fingerprint density at radius 1 is 0.970 bits per heavy atom. The number of hydrogen-bond acceptors (Lipinski definition) is 5. The van der Waals surface area contributed by atoms with Crippen LogP contribution < -0.4 is 19.5 Å². The minimum Gasteiger partial charge on any atom is -0.495 e. The van der Waals surface area contributed by atoms with E-state index in [0.29, 0.717) is 5.69 Å². The van der Waals surface area contributed by atoms with Crippen molar-refractivity contribution in [2.75, 3.05) is 17.1 Å². The zero-order valence-corrected chi connectivity index (χ0v) is 19.0. The van der Waals surface area contributed by atoms with Crippen LogP contribution in [0.1, 0.15) is 15.9 Å². The maximum absolute atomic E-state index is 13.0. The Morgan fingerprint density at radius 2 is 1.61 bits per heavy atom. The van der Waals surface area contributed by atoms with Gasteiger partial charge in [-0.05, 0) is 55.5 Å². The number of methoxy groups -OCH3 is 1. The van der Waals surface area contributed by atoms with Crippen molar-refractivity contribution in [1.29, 1.82) is 0 Å². The number of sulfonamides is 1. The van der Waals surface area contributed by atoms with Crippen molar-refractivity contribution in [3.63, 3.8) is 0 Å². The molecule has 0 aliphatic rings. The first-order valence-electron chi connectivity index (χ1n) is 9.42. The van der Waals surface area contributed by atoms with Crippen LogP contribution in [0.2, 0.25) is 5.02 Å². The van der Waals surface area contributed by atoms with Gasteiger partial charge in [-0.15, -0.1) is 0 Å². The van der Waals surface area contributed by atoms with Crippen molar-refractivity contribution in [1.82, 2.24) is 0 Å². The lowest BCUT2D eigenvalue weighted by Gasteiger charge is -2.14. The van der Waals surface area contributed by atoms with Gasteiger partial charge < -0.3 is 14.8 Å². The standard InChI is InChI=1S/C22H19ClF2N2O5S/c1-13-3-6-15(7-4-13)27-33(29,30)20-11-14(5-9-19(20)31-2)21(28)26-16-8-10-18(17(23)12-16)32-22(24)25/h3-12,22,27H,1-2H3,(H,26,28). The van der Waals surface area contributed by atoms with Crippen LogP contribution in [0.5, 0.6) is 11.5 Å². The molecular weight excluding hydrogens is 478 g/mol. The third-order valence-corrected chi connectivity index (χ3v) is 6.12. The number of hydrogen-bond donors (Lipinski definition) is 2. The highest BCUT2D eigenvalue weighted by molar-refractivity contribution is 7.92. The normalized spacial score (nSPS) is 11.2. The second-order valence-corrected chi connectivity index (χ2v) is 8.87. The zero-order chi connectivity index (χ0) is 24.2. The van der Waals surface area contributed by atoms with Crippen molar-refractivity contribution in [3.05, 3.63) is 76.8 Å². The molecule has 174 valence electrons. The molecule has 7 nitrogen and oxygen atoms in total. The minimum absolute atomic E-state index is 0.0177. The zero-order valence-electron chi connectivity index (χ0n) is 17.4. The lowest BCUT2D eigenvalue weighted by atomic mass is 10.2. The summed E-state index contributed by atoms with van der Waals surface area (Å²) in [7, 11) is -2.77. The molecule has 33 heavy (non-hydrogen) atoms. The highest BCUT2D eigenvalue weighted by atomic mass is 35.5. The Balaban J connectivity index is 1.86. The molecule has 3 rings (SSSR count). The van der Waals surface area contributed by atoms with E-state index in [1.807, 2.05) is 6.92 Å². The van der Waals surface area contributed by atoms with Crippen LogP contribution in [0.15, 0.2) is 65.6 Å². The monoisotopic (exact) mass is 496 g/mol. The number of alkyl halides is 2. The number of anilines is 2. The fraction of sp³-hybridized carbons (Fsp3) is 0.136. The minimum atomic E-state index is -4.09. The molecule has 0 bridgehead atoms. The topological polar surface area (TPSA) is 93.7 Å². The second-order valence-electron chi connectivity index (χ2n) is 6.81. The smallest absolute Gasteiger partial charge is 0.387 e. The number of aryl methyl sites for hydroxylation is 1. The van der Waals surface area contributed by atoms with E-state index in [4.69, 9.17) is 16.3 Å². The van der Waals surface area contributed by atoms with Crippen LogP contribution in [0.3, 0.4) is 0 Å². The maximum Gasteiger partial charge on any atom is 0.387 e. The molecule has 0 aliphatic heterocycles. The van der Waals surface area contributed by atoms with Gasteiger partial charge in [-0.25, -0.2) is 8.42 Å². The van der Waals surface area contributed by atoms with Crippen LogP contribution in [-0.2, 0) is 10.0 Å². The van der Waals surface area contributed by atoms with Crippen LogP contribution in [0, 0.1) is 6.92 Å². The summed E-state index contributed by atoms with van der Waals surface area (Å²) < 4.78 is 62.5. The SMILES string of the molecule is COc1ccc(C(=O)Nc2ccc(OC(F)F)c(Cl)c2)cc1S(=O)(=O)Nc1ccc(C)cc1. The lowest BCUT2D eigenvalue weighted by Crippen LogP contribution is -2.17. The predicted molar refractivity (Wildman–Crippen MR) is 121 cm³/mol. The third-order valence-electron chi connectivity index (χ3n) is 4.42. The van der Waals surface area contributed by atoms with Crippen molar-refractivity contribution >= 4 is 38.9 Å². The summed E-state index contributed by atoms with van der Waals surface area (Å²) in [4.78, 5) is 12.5. The summed E-state index contributed by atoms with van der Waals surface area (Å²) in [6.07, 6.45) is 0.